The highest BCUT2D eigenvalue weighted by atomic mass is 79.9. The summed E-state index contributed by atoms with van der Waals surface area (Å²) in [7, 11) is 0. The van der Waals surface area contributed by atoms with Crippen LogP contribution in [-0.4, -0.2) is 17.6 Å². The maximum absolute atomic E-state index is 12.5. The number of alkyl halides is 2. The molecule has 0 bridgehead atoms. The molecular formula is C10H11BrF2N2O2. The minimum atomic E-state index is -2.71. The molecule has 0 aliphatic heterocycles. The molecule has 0 saturated carbocycles. The van der Waals surface area contributed by atoms with E-state index in [1.54, 1.807) is 6.92 Å². The summed E-state index contributed by atoms with van der Waals surface area (Å²) in [6.07, 6.45) is -2.87. The molecule has 0 amide bonds. The molecule has 0 aliphatic rings. The number of nitrogens with two attached hydrogens (primary N) is 1. The molecule has 1 aromatic heterocycles. The third-order valence-corrected chi connectivity index (χ3v) is 2.59. The van der Waals surface area contributed by atoms with Crippen LogP contribution >= 0.6 is 15.9 Å². The van der Waals surface area contributed by atoms with Gasteiger partial charge in [-0.1, -0.05) is 0 Å². The zero-order chi connectivity index (χ0) is 13.0. The number of halogens is 3. The summed E-state index contributed by atoms with van der Waals surface area (Å²) in [5.74, 6) is -0.516. The first-order chi connectivity index (χ1) is 7.95. The van der Waals surface area contributed by atoms with Crippen LogP contribution in [0.5, 0.6) is 0 Å². The number of hydrogen-bond acceptors (Lipinski definition) is 4. The Morgan fingerprint density at radius 3 is 2.82 bits per heavy atom. The van der Waals surface area contributed by atoms with Gasteiger partial charge in [0.15, 0.2) is 0 Å². The highest BCUT2D eigenvalue weighted by Crippen LogP contribution is 2.27. The van der Waals surface area contributed by atoms with Crippen molar-refractivity contribution < 1.29 is 18.3 Å². The first kappa shape index (κ1) is 13.8. The largest absolute Gasteiger partial charge is 0.466 e. The molecule has 94 valence electrons. The number of nitrogen functional groups attached to an aromatic ring is 1. The zero-order valence-electron chi connectivity index (χ0n) is 9.04. The first-order valence-electron chi connectivity index (χ1n) is 4.84. The van der Waals surface area contributed by atoms with Gasteiger partial charge in [-0.3, -0.25) is 4.79 Å². The molecule has 1 rings (SSSR count). The number of ether oxygens (including phenoxy) is 1. The fourth-order valence-electron chi connectivity index (χ4n) is 1.22. The molecule has 7 heteroatoms. The number of esters is 1. The smallest absolute Gasteiger partial charge is 0.310 e. The Balaban J connectivity index is 3.01. The standard InChI is InChI=1S/C10H11BrF2N2O2/c1-2-17-7(16)4-5-3-6(10(12)13)15-9(11)8(5)14/h3,10H,2,4,14H2,1H3. The van der Waals surface area contributed by atoms with E-state index in [-0.39, 0.29) is 28.9 Å². The Morgan fingerprint density at radius 1 is 1.65 bits per heavy atom. The summed E-state index contributed by atoms with van der Waals surface area (Å²) in [5.41, 5.74) is 5.66. The van der Waals surface area contributed by atoms with E-state index in [2.05, 4.69) is 20.9 Å². The van der Waals surface area contributed by atoms with Gasteiger partial charge in [0, 0.05) is 0 Å². The number of carbonyl (C=O) groups excluding carboxylic acids is 1. The highest BCUT2D eigenvalue weighted by molar-refractivity contribution is 9.10. The Bertz CT molecular complexity index is 427. The van der Waals surface area contributed by atoms with E-state index < -0.39 is 18.1 Å². The number of carbonyl (C=O) groups is 1. The minimum absolute atomic E-state index is 0.106. The molecular weight excluding hydrogens is 298 g/mol. The molecule has 0 aliphatic carbocycles. The van der Waals surface area contributed by atoms with Crippen LogP contribution in [-0.2, 0) is 16.0 Å². The predicted octanol–water partition coefficient (Wildman–Crippen LogP) is 2.47. The molecule has 0 unspecified atom stereocenters. The number of rotatable bonds is 4. The van der Waals surface area contributed by atoms with Crippen LogP contribution in [0.1, 0.15) is 24.6 Å². The molecule has 0 spiro atoms. The molecule has 1 aromatic rings. The lowest BCUT2D eigenvalue weighted by Gasteiger charge is -2.09. The number of nitrogens with zero attached hydrogens (tertiary/aromatic N) is 1. The van der Waals surface area contributed by atoms with Crippen LogP contribution in [0.2, 0.25) is 0 Å². The Hall–Kier alpha value is -1.24. The predicted molar refractivity (Wildman–Crippen MR) is 61.6 cm³/mol. The molecule has 0 radical (unpaired) electrons. The lowest BCUT2D eigenvalue weighted by Crippen LogP contribution is -2.11. The van der Waals surface area contributed by atoms with E-state index in [9.17, 15) is 13.6 Å². The number of anilines is 1. The van der Waals surface area contributed by atoms with Gasteiger partial charge in [-0.25, -0.2) is 13.8 Å². The Labute approximate surface area is 105 Å². The van der Waals surface area contributed by atoms with Gasteiger partial charge in [0.1, 0.15) is 10.3 Å². The topological polar surface area (TPSA) is 65.2 Å². The van der Waals surface area contributed by atoms with Crippen molar-refractivity contribution in [2.24, 2.45) is 0 Å². The zero-order valence-corrected chi connectivity index (χ0v) is 10.6. The average molecular weight is 309 g/mol. The van der Waals surface area contributed by atoms with Crippen molar-refractivity contribution in [3.8, 4) is 0 Å². The van der Waals surface area contributed by atoms with E-state index in [1.165, 1.54) is 0 Å². The lowest BCUT2D eigenvalue weighted by molar-refractivity contribution is -0.142. The molecule has 0 aromatic carbocycles. The molecule has 4 nitrogen and oxygen atoms in total. The maximum Gasteiger partial charge on any atom is 0.310 e. The Morgan fingerprint density at radius 2 is 2.29 bits per heavy atom. The van der Waals surface area contributed by atoms with Crippen LogP contribution in [0, 0.1) is 0 Å². The van der Waals surface area contributed by atoms with E-state index >= 15 is 0 Å². The molecule has 0 saturated heterocycles. The highest BCUT2D eigenvalue weighted by Gasteiger charge is 2.16. The van der Waals surface area contributed by atoms with Crippen molar-refractivity contribution in [2.75, 3.05) is 12.3 Å². The maximum atomic E-state index is 12.5. The third-order valence-electron chi connectivity index (χ3n) is 1.98. The molecule has 17 heavy (non-hydrogen) atoms. The molecule has 0 fully saturated rings. The van der Waals surface area contributed by atoms with Gasteiger partial charge in [-0.15, -0.1) is 0 Å². The van der Waals surface area contributed by atoms with Crippen LogP contribution in [0.25, 0.3) is 0 Å². The van der Waals surface area contributed by atoms with Crippen molar-refractivity contribution >= 4 is 27.6 Å². The van der Waals surface area contributed by atoms with Crippen LogP contribution < -0.4 is 5.73 Å². The van der Waals surface area contributed by atoms with Crippen LogP contribution in [0.3, 0.4) is 0 Å². The van der Waals surface area contributed by atoms with Gasteiger partial charge in [-0.2, -0.15) is 0 Å². The van der Waals surface area contributed by atoms with Crippen molar-refractivity contribution in [3.63, 3.8) is 0 Å². The van der Waals surface area contributed by atoms with Gasteiger partial charge in [-0.05, 0) is 34.5 Å². The van der Waals surface area contributed by atoms with Crippen molar-refractivity contribution in [2.45, 2.75) is 19.8 Å². The van der Waals surface area contributed by atoms with Gasteiger partial charge in [0.2, 0.25) is 0 Å². The average Bonchev–Trinajstić information content (AvgIpc) is 2.24. The fraction of sp³-hybridized carbons (Fsp3) is 0.400. The summed E-state index contributed by atoms with van der Waals surface area (Å²) < 4.78 is 29.8. The second-order valence-corrected chi connectivity index (χ2v) is 3.94. The second kappa shape index (κ2) is 5.90. The van der Waals surface area contributed by atoms with Gasteiger partial charge >= 0.3 is 5.97 Å². The van der Waals surface area contributed by atoms with Gasteiger partial charge < -0.3 is 10.5 Å². The van der Waals surface area contributed by atoms with E-state index in [0.717, 1.165) is 6.07 Å². The quantitative estimate of drug-likeness (QED) is 0.685. The first-order valence-corrected chi connectivity index (χ1v) is 5.63. The van der Waals surface area contributed by atoms with E-state index in [4.69, 9.17) is 10.5 Å². The lowest BCUT2D eigenvalue weighted by atomic mass is 10.1. The van der Waals surface area contributed by atoms with E-state index in [0.29, 0.717) is 0 Å². The summed E-state index contributed by atoms with van der Waals surface area (Å²) in [5, 5.41) is 0. The SMILES string of the molecule is CCOC(=O)Cc1cc(C(F)F)nc(Br)c1N. The summed E-state index contributed by atoms with van der Waals surface area (Å²) in [6.45, 7) is 1.89. The fourth-order valence-corrected chi connectivity index (χ4v) is 1.68. The molecule has 0 atom stereocenters. The summed E-state index contributed by atoms with van der Waals surface area (Å²) >= 11 is 2.97. The minimum Gasteiger partial charge on any atom is -0.466 e. The van der Waals surface area contributed by atoms with Crippen molar-refractivity contribution in [3.05, 3.63) is 21.9 Å². The number of aromatic nitrogens is 1. The van der Waals surface area contributed by atoms with Crippen LogP contribution in [0.4, 0.5) is 14.5 Å². The molecule has 2 N–H and O–H groups in total. The summed E-state index contributed by atoms with van der Waals surface area (Å²) in [4.78, 5) is 14.8. The van der Waals surface area contributed by atoms with Crippen molar-refractivity contribution in [1.82, 2.24) is 4.98 Å². The summed E-state index contributed by atoms with van der Waals surface area (Å²) in [6, 6.07) is 1.11. The third kappa shape index (κ3) is 3.62. The van der Waals surface area contributed by atoms with Gasteiger partial charge in [0.05, 0.1) is 18.7 Å². The number of pyridine rings is 1. The normalized spacial score (nSPS) is 10.6. The number of hydrogen-bond donors (Lipinski definition) is 1. The Kier molecular flexibility index (Phi) is 4.80. The molecule has 1 heterocycles. The second-order valence-electron chi connectivity index (χ2n) is 3.19. The van der Waals surface area contributed by atoms with E-state index in [1.807, 2.05) is 0 Å². The monoisotopic (exact) mass is 308 g/mol. The van der Waals surface area contributed by atoms with Crippen LogP contribution in [0.15, 0.2) is 10.7 Å². The van der Waals surface area contributed by atoms with Crippen molar-refractivity contribution in [1.29, 1.82) is 0 Å². The van der Waals surface area contributed by atoms with Gasteiger partial charge in [0.25, 0.3) is 6.43 Å².